The molecule has 0 bridgehead atoms. The first kappa shape index (κ1) is 31.4. The maximum absolute atomic E-state index is 8.52. The molecule has 1 unspecified atom stereocenters. The highest BCUT2D eigenvalue weighted by atomic mass is 14.4. The molecule has 0 fully saturated rings. The zero-order valence-corrected chi connectivity index (χ0v) is 22.8. The summed E-state index contributed by atoms with van der Waals surface area (Å²) in [6.45, 7) is 11.2. The summed E-state index contributed by atoms with van der Waals surface area (Å²) in [7, 11) is 0. The van der Waals surface area contributed by atoms with Gasteiger partial charge in [-0.05, 0) is 30.8 Å². The van der Waals surface area contributed by atoms with Crippen molar-refractivity contribution in [1.82, 2.24) is 0 Å². The van der Waals surface area contributed by atoms with Gasteiger partial charge in [-0.1, -0.05) is 162 Å². The Balaban J connectivity index is 4.19. The summed E-state index contributed by atoms with van der Waals surface area (Å²) in [6.07, 6.45) is 32.2. The van der Waals surface area contributed by atoms with Gasteiger partial charge in [0.1, 0.15) is 0 Å². The van der Waals surface area contributed by atoms with E-state index >= 15 is 0 Å². The van der Waals surface area contributed by atoms with Crippen LogP contribution in [0.5, 0.6) is 0 Å². The summed E-state index contributed by atoms with van der Waals surface area (Å²) in [5, 5.41) is 8.52. The van der Waals surface area contributed by atoms with Crippen LogP contribution in [0.4, 0.5) is 0 Å². The predicted molar refractivity (Wildman–Crippen MR) is 148 cm³/mol. The van der Waals surface area contributed by atoms with Crippen LogP contribution in [0.25, 0.3) is 0 Å². The summed E-state index contributed by atoms with van der Waals surface area (Å²) >= 11 is 0. The number of allylic oxidation sites excluding steroid dienone is 1. The summed E-state index contributed by atoms with van der Waals surface area (Å²) in [5.74, 6) is 0.763. The van der Waals surface area contributed by atoms with E-state index in [1.54, 1.807) is 0 Å². The molecule has 0 aliphatic heterocycles. The zero-order chi connectivity index (χ0) is 23.7. The van der Waals surface area contributed by atoms with Crippen molar-refractivity contribution in [1.29, 1.82) is 5.41 Å². The van der Waals surface area contributed by atoms with E-state index in [2.05, 4.69) is 27.4 Å². The summed E-state index contributed by atoms with van der Waals surface area (Å²) in [4.78, 5) is 0. The van der Waals surface area contributed by atoms with Crippen molar-refractivity contribution < 1.29 is 0 Å². The molecule has 0 aromatic heterocycles. The normalized spacial score (nSPS) is 12.2. The number of unbranched alkanes of at least 4 members (excludes halogenated alkanes) is 17. The molecule has 1 atom stereocenters. The van der Waals surface area contributed by atoms with Gasteiger partial charge in [0.15, 0.2) is 0 Å². The van der Waals surface area contributed by atoms with Crippen LogP contribution in [0, 0.1) is 11.3 Å². The number of rotatable bonds is 26. The van der Waals surface area contributed by atoms with Crippen molar-refractivity contribution in [3.8, 4) is 0 Å². The highest BCUT2D eigenvalue weighted by Gasteiger charge is 2.13. The first-order chi connectivity index (χ1) is 15.7. The van der Waals surface area contributed by atoms with Gasteiger partial charge in [-0.3, -0.25) is 0 Å². The van der Waals surface area contributed by atoms with Gasteiger partial charge in [0.05, 0.1) is 0 Å². The molecule has 190 valence electrons. The zero-order valence-electron chi connectivity index (χ0n) is 22.8. The van der Waals surface area contributed by atoms with Gasteiger partial charge in [0.2, 0.25) is 0 Å². The molecule has 0 aliphatic carbocycles. The second-order valence-corrected chi connectivity index (χ2v) is 10.5. The Morgan fingerprint density at radius 3 is 1.28 bits per heavy atom. The van der Waals surface area contributed by atoms with Crippen molar-refractivity contribution in [3.63, 3.8) is 0 Å². The van der Waals surface area contributed by atoms with Crippen molar-refractivity contribution >= 4 is 5.71 Å². The number of hydrogen-bond acceptors (Lipinski definition) is 1. The fourth-order valence-electron chi connectivity index (χ4n) is 4.86. The molecule has 1 heteroatoms. The Bertz CT molecular complexity index is 411. The first-order valence-corrected chi connectivity index (χ1v) is 14.9. The van der Waals surface area contributed by atoms with Crippen molar-refractivity contribution in [2.75, 3.05) is 0 Å². The van der Waals surface area contributed by atoms with E-state index in [1.807, 2.05) is 0 Å². The van der Waals surface area contributed by atoms with Crippen LogP contribution in [0.3, 0.4) is 0 Å². The molecule has 0 aromatic carbocycles. The summed E-state index contributed by atoms with van der Waals surface area (Å²) in [6, 6.07) is 0. The van der Waals surface area contributed by atoms with Crippen LogP contribution in [-0.2, 0) is 0 Å². The molecule has 0 spiro atoms. The highest BCUT2D eigenvalue weighted by molar-refractivity contribution is 5.97. The molecule has 1 nitrogen and oxygen atoms in total. The van der Waals surface area contributed by atoms with E-state index in [9.17, 15) is 0 Å². The van der Waals surface area contributed by atoms with Gasteiger partial charge in [0, 0.05) is 5.71 Å². The minimum atomic E-state index is 0.763. The lowest BCUT2D eigenvalue weighted by Crippen LogP contribution is -2.08. The smallest absolute Gasteiger partial charge is 0.0340 e. The van der Waals surface area contributed by atoms with Gasteiger partial charge in [-0.2, -0.15) is 0 Å². The standard InChI is InChI=1S/C31H61N/c1-5-8-11-14-17-18-20-23-26-30(25-22-19-15-12-9-6-2)28-29(4)31(32)27-24-21-16-13-10-7-3/h30,32H,4-28H2,1-3H3. The topological polar surface area (TPSA) is 23.9 Å². The van der Waals surface area contributed by atoms with Crippen LogP contribution >= 0.6 is 0 Å². The molecule has 0 amide bonds. The van der Waals surface area contributed by atoms with E-state index in [-0.39, 0.29) is 0 Å². The van der Waals surface area contributed by atoms with Crippen LogP contribution in [0.1, 0.15) is 175 Å². The molecule has 32 heavy (non-hydrogen) atoms. The molecular weight excluding hydrogens is 386 g/mol. The lowest BCUT2D eigenvalue weighted by atomic mass is 9.87. The molecule has 0 heterocycles. The molecule has 0 saturated heterocycles. The van der Waals surface area contributed by atoms with E-state index in [1.165, 1.54) is 141 Å². The van der Waals surface area contributed by atoms with E-state index in [0.717, 1.165) is 30.0 Å². The minimum absolute atomic E-state index is 0.763. The molecule has 0 saturated carbocycles. The molecule has 0 aliphatic rings. The summed E-state index contributed by atoms with van der Waals surface area (Å²) in [5.41, 5.74) is 2.00. The van der Waals surface area contributed by atoms with Gasteiger partial charge in [-0.15, -0.1) is 0 Å². The fourth-order valence-corrected chi connectivity index (χ4v) is 4.86. The Morgan fingerprint density at radius 1 is 0.531 bits per heavy atom. The molecule has 1 N–H and O–H groups in total. The second-order valence-electron chi connectivity index (χ2n) is 10.5. The van der Waals surface area contributed by atoms with Gasteiger partial charge in [0.25, 0.3) is 0 Å². The van der Waals surface area contributed by atoms with E-state index < -0.39 is 0 Å². The van der Waals surface area contributed by atoms with Crippen LogP contribution in [0.15, 0.2) is 12.2 Å². The third-order valence-electron chi connectivity index (χ3n) is 7.17. The van der Waals surface area contributed by atoms with E-state index in [4.69, 9.17) is 5.41 Å². The average molecular weight is 448 g/mol. The van der Waals surface area contributed by atoms with Gasteiger partial charge < -0.3 is 5.41 Å². The molecule has 0 radical (unpaired) electrons. The molecule has 0 aromatic rings. The van der Waals surface area contributed by atoms with Crippen LogP contribution < -0.4 is 0 Å². The average Bonchev–Trinajstić information content (AvgIpc) is 2.79. The third kappa shape index (κ3) is 21.3. The minimum Gasteiger partial charge on any atom is -0.305 e. The van der Waals surface area contributed by atoms with Crippen molar-refractivity contribution in [3.05, 3.63) is 12.2 Å². The van der Waals surface area contributed by atoms with Gasteiger partial charge in [-0.25, -0.2) is 0 Å². The summed E-state index contributed by atoms with van der Waals surface area (Å²) < 4.78 is 0. The number of hydrogen-bond donors (Lipinski definition) is 1. The Hall–Kier alpha value is -0.590. The Morgan fingerprint density at radius 2 is 0.875 bits per heavy atom. The van der Waals surface area contributed by atoms with Gasteiger partial charge >= 0.3 is 0 Å². The Labute approximate surface area is 204 Å². The predicted octanol–water partition coefficient (Wildman–Crippen LogP) is 11.6. The second kappa shape index (κ2) is 25.0. The van der Waals surface area contributed by atoms with Crippen molar-refractivity contribution in [2.24, 2.45) is 5.92 Å². The van der Waals surface area contributed by atoms with E-state index in [0.29, 0.717) is 0 Å². The largest absolute Gasteiger partial charge is 0.305 e. The molecule has 0 rings (SSSR count). The highest BCUT2D eigenvalue weighted by Crippen LogP contribution is 2.26. The third-order valence-corrected chi connectivity index (χ3v) is 7.17. The quantitative estimate of drug-likeness (QED) is 0.101. The maximum Gasteiger partial charge on any atom is 0.0340 e. The fraction of sp³-hybridized carbons (Fsp3) is 0.903. The Kier molecular flexibility index (Phi) is 24.6. The first-order valence-electron chi connectivity index (χ1n) is 14.9. The lowest BCUT2D eigenvalue weighted by molar-refractivity contribution is 0.402. The molecular formula is C31H61N. The number of nitrogens with one attached hydrogen (secondary N) is 1. The van der Waals surface area contributed by atoms with Crippen molar-refractivity contribution in [2.45, 2.75) is 175 Å². The SMILES string of the molecule is C=C(CC(CCCCCCCC)CCCCCCCCCC)C(=N)CCCCCCCC. The van der Waals surface area contributed by atoms with Crippen LogP contribution in [-0.4, -0.2) is 5.71 Å². The van der Waals surface area contributed by atoms with Crippen LogP contribution in [0.2, 0.25) is 0 Å². The monoisotopic (exact) mass is 447 g/mol. The lowest BCUT2D eigenvalue weighted by Gasteiger charge is -2.19. The maximum atomic E-state index is 8.52.